The lowest BCUT2D eigenvalue weighted by atomic mass is 9.80. The Labute approximate surface area is 260 Å². The van der Waals surface area contributed by atoms with Crippen molar-refractivity contribution in [2.24, 2.45) is 5.41 Å². The standard InChI is InChI=1S/C33H38F2N6O4/c1-23-20-25(39-29-30-38-21-28(41(30)14-11-36-29)24-2-5-26(6-3-24)45-32(34)35)4-7-27(23)31(42)37-12-18-44-19-15-40-13-8-33(22-40)9-16-43-17-10-33/h2-7,11,14,20-21,32H,8-10,12-13,15-19,22H2,1H3,(H,36,39)(H,37,42). The molecule has 238 valence electrons. The van der Waals surface area contributed by atoms with E-state index in [0.29, 0.717) is 42.2 Å². The Balaban J connectivity index is 0.988. The van der Waals surface area contributed by atoms with Gasteiger partial charge in [0.1, 0.15) is 5.75 Å². The fraction of sp³-hybridized carbons (Fsp3) is 0.424. The van der Waals surface area contributed by atoms with Crippen molar-refractivity contribution in [2.75, 3.05) is 57.9 Å². The SMILES string of the molecule is Cc1cc(Nc2nccn3c(-c4ccc(OC(F)F)cc4)cnc23)ccc1C(=O)NCCOCCN1CCC2(CCOCC2)C1. The molecule has 2 aromatic heterocycles. The number of hydrogen-bond donors (Lipinski definition) is 2. The highest BCUT2D eigenvalue weighted by Gasteiger charge is 2.38. The van der Waals surface area contributed by atoms with E-state index in [1.54, 1.807) is 36.8 Å². The minimum Gasteiger partial charge on any atom is -0.435 e. The van der Waals surface area contributed by atoms with Gasteiger partial charge in [0.05, 0.1) is 25.1 Å². The average molecular weight is 621 g/mol. The summed E-state index contributed by atoms with van der Waals surface area (Å²) in [6.45, 7) is 5.51. The van der Waals surface area contributed by atoms with Crippen LogP contribution in [0.5, 0.6) is 5.75 Å². The van der Waals surface area contributed by atoms with Crippen molar-refractivity contribution in [1.29, 1.82) is 0 Å². The van der Waals surface area contributed by atoms with E-state index in [1.165, 1.54) is 18.6 Å². The summed E-state index contributed by atoms with van der Waals surface area (Å²) in [5.41, 5.74) is 4.75. The van der Waals surface area contributed by atoms with Crippen molar-refractivity contribution in [3.63, 3.8) is 0 Å². The second-order valence-electron chi connectivity index (χ2n) is 11.7. The van der Waals surface area contributed by atoms with E-state index < -0.39 is 6.61 Å². The molecule has 2 saturated heterocycles. The first-order chi connectivity index (χ1) is 21.9. The number of imidazole rings is 1. The zero-order chi connectivity index (χ0) is 31.2. The van der Waals surface area contributed by atoms with Crippen molar-refractivity contribution in [3.8, 4) is 17.0 Å². The number of rotatable bonds is 12. The van der Waals surface area contributed by atoms with Crippen molar-refractivity contribution < 1.29 is 27.8 Å². The molecule has 0 bridgehead atoms. The molecule has 1 spiro atoms. The summed E-state index contributed by atoms with van der Waals surface area (Å²) < 4.78 is 42.7. The van der Waals surface area contributed by atoms with Gasteiger partial charge in [0.15, 0.2) is 11.5 Å². The number of halogens is 2. The number of hydrogen-bond acceptors (Lipinski definition) is 8. The summed E-state index contributed by atoms with van der Waals surface area (Å²) in [5, 5.41) is 6.25. The van der Waals surface area contributed by atoms with Crippen LogP contribution in [0.25, 0.3) is 16.9 Å². The molecule has 12 heteroatoms. The summed E-state index contributed by atoms with van der Waals surface area (Å²) in [5.74, 6) is 0.475. The molecule has 2 fully saturated rings. The Morgan fingerprint density at radius 1 is 1.09 bits per heavy atom. The average Bonchev–Trinajstić information content (AvgIpc) is 3.64. The molecule has 2 aromatic carbocycles. The van der Waals surface area contributed by atoms with Gasteiger partial charge in [0.2, 0.25) is 0 Å². The van der Waals surface area contributed by atoms with Gasteiger partial charge in [-0.3, -0.25) is 9.20 Å². The maximum atomic E-state index is 12.9. The highest BCUT2D eigenvalue weighted by Crippen LogP contribution is 2.39. The number of aryl methyl sites for hydroxylation is 1. The second-order valence-corrected chi connectivity index (χ2v) is 11.7. The largest absolute Gasteiger partial charge is 0.435 e. The first kappa shape index (κ1) is 30.9. The summed E-state index contributed by atoms with van der Waals surface area (Å²) in [6.07, 6.45) is 8.70. The van der Waals surface area contributed by atoms with Gasteiger partial charge in [-0.05, 0) is 86.2 Å². The molecular formula is C33H38F2N6O4. The molecule has 4 aromatic rings. The third kappa shape index (κ3) is 7.41. The van der Waals surface area contributed by atoms with Gasteiger partial charge in [-0.2, -0.15) is 8.78 Å². The van der Waals surface area contributed by atoms with Crippen LogP contribution in [0.1, 0.15) is 35.2 Å². The van der Waals surface area contributed by atoms with E-state index in [4.69, 9.17) is 9.47 Å². The van der Waals surface area contributed by atoms with Gasteiger partial charge in [0, 0.05) is 62.1 Å². The van der Waals surface area contributed by atoms with Crippen LogP contribution in [0.2, 0.25) is 0 Å². The number of likely N-dealkylation sites (tertiary alicyclic amines) is 1. The number of alkyl halides is 2. The molecule has 45 heavy (non-hydrogen) atoms. The van der Waals surface area contributed by atoms with E-state index in [9.17, 15) is 13.6 Å². The minimum atomic E-state index is -2.88. The molecule has 0 unspecified atom stereocenters. The van der Waals surface area contributed by atoms with Gasteiger partial charge >= 0.3 is 6.61 Å². The van der Waals surface area contributed by atoms with Crippen LogP contribution >= 0.6 is 0 Å². The lowest BCUT2D eigenvalue weighted by molar-refractivity contribution is -0.0498. The summed E-state index contributed by atoms with van der Waals surface area (Å²) >= 11 is 0. The normalized spacial score (nSPS) is 16.4. The number of anilines is 2. The van der Waals surface area contributed by atoms with Gasteiger partial charge in [-0.1, -0.05) is 0 Å². The minimum absolute atomic E-state index is 0.0872. The number of nitrogens with one attached hydrogen (secondary N) is 2. The molecule has 4 heterocycles. The Hall–Kier alpha value is -4.13. The van der Waals surface area contributed by atoms with Crippen LogP contribution in [-0.2, 0) is 9.47 Å². The molecule has 2 aliphatic heterocycles. The number of aromatic nitrogens is 3. The van der Waals surface area contributed by atoms with E-state index >= 15 is 0 Å². The van der Waals surface area contributed by atoms with E-state index in [-0.39, 0.29) is 11.7 Å². The van der Waals surface area contributed by atoms with Gasteiger partial charge < -0.3 is 29.7 Å². The summed E-state index contributed by atoms with van der Waals surface area (Å²) in [4.78, 5) is 24.3. The van der Waals surface area contributed by atoms with E-state index in [1.807, 2.05) is 23.5 Å². The van der Waals surface area contributed by atoms with Crippen LogP contribution in [0.4, 0.5) is 20.3 Å². The molecule has 0 aliphatic carbocycles. The zero-order valence-corrected chi connectivity index (χ0v) is 25.3. The molecule has 2 N–H and O–H groups in total. The molecule has 1 amide bonds. The quantitative estimate of drug-likeness (QED) is 0.206. The molecule has 0 atom stereocenters. The van der Waals surface area contributed by atoms with Crippen molar-refractivity contribution in [1.82, 2.24) is 24.6 Å². The monoisotopic (exact) mass is 620 g/mol. The fourth-order valence-electron chi connectivity index (χ4n) is 6.22. The van der Waals surface area contributed by atoms with Crippen molar-refractivity contribution >= 4 is 23.1 Å². The van der Waals surface area contributed by atoms with Gasteiger partial charge in [-0.15, -0.1) is 0 Å². The van der Waals surface area contributed by atoms with Crippen molar-refractivity contribution in [2.45, 2.75) is 32.8 Å². The Bertz CT molecular complexity index is 1610. The van der Waals surface area contributed by atoms with Crippen LogP contribution in [0.3, 0.4) is 0 Å². The van der Waals surface area contributed by atoms with E-state index in [0.717, 1.165) is 68.2 Å². The Morgan fingerprint density at radius 2 is 1.91 bits per heavy atom. The molecule has 2 aliphatic rings. The number of fused-ring (bicyclic) bond motifs is 1. The third-order valence-corrected chi connectivity index (χ3v) is 8.69. The molecule has 10 nitrogen and oxygen atoms in total. The maximum Gasteiger partial charge on any atom is 0.387 e. The van der Waals surface area contributed by atoms with Crippen LogP contribution < -0.4 is 15.4 Å². The van der Waals surface area contributed by atoms with Gasteiger partial charge in [0.25, 0.3) is 5.91 Å². The van der Waals surface area contributed by atoms with Crippen LogP contribution in [-0.4, -0.2) is 84.4 Å². The molecular weight excluding hydrogens is 582 g/mol. The van der Waals surface area contributed by atoms with E-state index in [2.05, 4.69) is 30.2 Å². The van der Waals surface area contributed by atoms with Crippen LogP contribution in [0, 0.1) is 12.3 Å². The zero-order valence-electron chi connectivity index (χ0n) is 25.3. The molecule has 6 rings (SSSR count). The topological polar surface area (TPSA) is 102 Å². The lowest BCUT2D eigenvalue weighted by Crippen LogP contribution is -2.34. The molecule has 0 radical (unpaired) electrons. The number of benzene rings is 2. The number of amides is 1. The Morgan fingerprint density at radius 3 is 2.69 bits per heavy atom. The predicted octanol–water partition coefficient (Wildman–Crippen LogP) is 5.30. The first-order valence-corrected chi connectivity index (χ1v) is 15.3. The smallest absolute Gasteiger partial charge is 0.387 e. The van der Waals surface area contributed by atoms with Gasteiger partial charge in [-0.25, -0.2) is 9.97 Å². The third-order valence-electron chi connectivity index (χ3n) is 8.69. The first-order valence-electron chi connectivity index (χ1n) is 15.3. The second kappa shape index (κ2) is 13.9. The summed E-state index contributed by atoms with van der Waals surface area (Å²) in [7, 11) is 0. The predicted molar refractivity (Wildman–Crippen MR) is 166 cm³/mol. The number of nitrogens with zero attached hydrogens (tertiary/aromatic N) is 4. The maximum absolute atomic E-state index is 12.9. The number of ether oxygens (including phenoxy) is 3. The highest BCUT2D eigenvalue weighted by atomic mass is 19.3. The van der Waals surface area contributed by atoms with Crippen LogP contribution in [0.15, 0.2) is 61.1 Å². The van der Waals surface area contributed by atoms with Crippen molar-refractivity contribution in [3.05, 3.63) is 72.2 Å². The fourth-order valence-corrected chi connectivity index (χ4v) is 6.22. The Kier molecular flexibility index (Phi) is 9.53. The lowest BCUT2D eigenvalue weighted by Gasteiger charge is -2.33. The highest BCUT2D eigenvalue weighted by molar-refractivity contribution is 5.96. The number of carbonyl (C=O) groups is 1. The number of carbonyl (C=O) groups excluding carboxylic acids is 1. The summed E-state index contributed by atoms with van der Waals surface area (Å²) in [6, 6.07) is 11.9. The molecule has 0 saturated carbocycles.